The number of ketones is 1. The predicted octanol–water partition coefficient (Wildman–Crippen LogP) is 3.60. The highest BCUT2D eigenvalue weighted by molar-refractivity contribution is 7.89. The van der Waals surface area contributed by atoms with Crippen molar-refractivity contribution < 1.29 is 13.2 Å². The Morgan fingerprint density at radius 1 is 1.08 bits per heavy atom. The summed E-state index contributed by atoms with van der Waals surface area (Å²) in [6.45, 7) is 3.21. The van der Waals surface area contributed by atoms with E-state index < -0.39 is 10.0 Å². The molecule has 2 aromatic rings. The fourth-order valence-corrected chi connectivity index (χ4v) is 3.14. The van der Waals surface area contributed by atoms with Crippen LogP contribution in [0, 0.1) is 6.92 Å². The number of halogens is 1. The first-order valence-corrected chi connectivity index (χ1v) is 9.17. The number of carbonyl (C=O) groups excluding carboxylic acids is 1. The molecule has 24 heavy (non-hydrogen) atoms. The summed E-state index contributed by atoms with van der Waals surface area (Å²) < 4.78 is 27.1. The zero-order valence-corrected chi connectivity index (χ0v) is 15.0. The van der Waals surface area contributed by atoms with Gasteiger partial charge in [-0.3, -0.25) is 4.79 Å². The fraction of sp³-hybridized carbons (Fsp3) is 0.167. The van der Waals surface area contributed by atoms with Crippen molar-refractivity contribution in [2.45, 2.75) is 18.7 Å². The van der Waals surface area contributed by atoms with Crippen LogP contribution < -0.4 is 4.72 Å². The normalized spacial score (nSPS) is 12.2. The third kappa shape index (κ3) is 5.03. The van der Waals surface area contributed by atoms with Gasteiger partial charge in [-0.15, -0.1) is 0 Å². The van der Waals surface area contributed by atoms with Gasteiger partial charge in [-0.2, -0.15) is 0 Å². The molecule has 0 heterocycles. The van der Waals surface area contributed by atoms with E-state index in [0.29, 0.717) is 10.6 Å². The Morgan fingerprint density at radius 3 is 2.21 bits per heavy atom. The van der Waals surface area contributed by atoms with Crippen molar-refractivity contribution >= 4 is 33.5 Å². The van der Waals surface area contributed by atoms with Crippen LogP contribution in [0.2, 0.25) is 5.02 Å². The molecule has 1 N–H and O–H groups in total. The average Bonchev–Trinajstić information content (AvgIpc) is 2.53. The van der Waals surface area contributed by atoms with Crippen LogP contribution in [0.1, 0.15) is 18.1 Å². The molecule has 0 amide bonds. The van der Waals surface area contributed by atoms with Gasteiger partial charge in [0.2, 0.25) is 10.0 Å². The van der Waals surface area contributed by atoms with Gasteiger partial charge in [-0.1, -0.05) is 41.4 Å². The highest BCUT2D eigenvalue weighted by atomic mass is 35.5. The van der Waals surface area contributed by atoms with E-state index in [4.69, 9.17) is 11.6 Å². The monoisotopic (exact) mass is 363 g/mol. The molecule has 0 fully saturated rings. The summed E-state index contributed by atoms with van der Waals surface area (Å²) in [6.07, 6.45) is 1.65. The lowest BCUT2D eigenvalue weighted by Crippen LogP contribution is -2.27. The van der Waals surface area contributed by atoms with Gasteiger partial charge < -0.3 is 0 Å². The summed E-state index contributed by atoms with van der Waals surface area (Å²) >= 11 is 5.83. The second-order valence-corrected chi connectivity index (χ2v) is 7.62. The van der Waals surface area contributed by atoms with Gasteiger partial charge in [0.1, 0.15) is 0 Å². The van der Waals surface area contributed by atoms with Crippen LogP contribution in [0.4, 0.5) is 0 Å². The Balaban J connectivity index is 2.18. The quantitative estimate of drug-likeness (QED) is 0.797. The molecule has 0 aliphatic carbocycles. The molecule has 0 aromatic heterocycles. The molecular formula is C18H18ClNO3S. The molecule has 4 nitrogen and oxygen atoms in total. The number of aryl methyl sites for hydroxylation is 1. The van der Waals surface area contributed by atoms with Crippen LogP contribution in [0.3, 0.4) is 0 Å². The Kier molecular flexibility index (Phi) is 5.94. The lowest BCUT2D eigenvalue weighted by Gasteiger charge is -2.09. The summed E-state index contributed by atoms with van der Waals surface area (Å²) in [5, 5.41) is 0.594. The van der Waals surface area contributed by atoms with Gasteiger partial charge in [-0.05, 0) is 49.8 Å². The lowest BCUT2D eigenvalue weighted by atomic mass is 10.1. The van der Waals surface area contributed by atoms with Crippen molar-refractivity contribution in [2.24, 2.45) is 0 Å². The standard InChI is InChI=1S/C18H18ClNO3S/c1-13-3-9-18(10-4-13)24(22,23)20-12-16(14(2)21)11-15-5-7-17(19)8-6-15/h3-11,20H,12H2,1-2H3/b16-11-. The number of carbonyl (C=O) groups is 1. The van der Waals surface area contributed by atoms with Crippen molar-refractivity contribution in [3.8, 4) is 0 Å². The Bertz CT molecular complexity index is 854. The van der Waals surface area contributed by atoms with Crippen LogP contribution in [0.5, 0.6) is 0 Å². The van der Waals surface area contributed by atoms with Crippen molar-refractivity contribution in [3.05, 3.63) is 70.3 Å². The van der Waals surface area contributed by atoms with Gasteiger partial charge in [0.15, 0.2) is 5.78 Å². The van der Waals surface area contributed by atoms with Crippen molar-refractivity contribution in [2.75, 3.05) is 6.54 Å². The molecule has 6 heteroatoms. The van der Waals surface area contributed by atoms with Crippen LogP contribution in [-0.4, -0.2) is 20.7 Å². The molecule has 2 aromatic carbocycles. The summed E-state index contributed by atoms with van der Waals surface area (Å²) in [7, 11) is -3.67. The summed E-state index contributed by atoms with van der Waals surface area (Å²) in [4.78, 5) is 12.0. The number of sulfonamides is 1. The second kappa shape index (κ2) is 7.75. The molecule has 0 atom stereocenters. The summed E-state index contributed by atoms with van der Waals surface area (Å²) in [5.41, 5.74) is 2.12. The molecule has 0 bridgehead atoms. The minimum absolute atomic E-state index is 0.0752. The van der Waals surface area contributed by atoms with E-state index in [1.165, 1.54) is 19.1 Å². The van der Waals surface area contributed by atoms with E-state index in [-0.39, 0.29) is 17.2 Å². The minimum Gasteiger partial charge on any atom is -0.295 e. The van der Waals surface area contributed by atoms with E-state index in [1.807, 2.05) is 6.92 Å². The highest BCUT2D eigenvalue weighted by Crippen LogP contribution is 2.14. The van der Waals surface area contributed by atoms with Crippen LogP contribution >= 0.6 is 11.6 Å². The van der Waals surface area contributed by atoms with Gasteiger partial charge >= 0.3 is 0 Å². The lowest BCUT2D eigenvalue weighted by molar-refractivity contribution is -0.113. The zero-order chi connectivity index (χ0) is 17.7. The Labute approximate surface area is 147 Å². The Morgan fingerprint density at radius 2 is 1.67 bits per heavy atom. The molecule has 0 aliphatic rings. The first-order chi connectivity index (χ1) is 11.3. The maximum absolute atomic E-state index is 12.3. The maximum atomic E-state index is 12.3. The number of benzene rings is 2. The second-order valence-electron chi connectivity index (χ2n) is 5.41. The summed E-state index contributed by atoms with van der Waals surface area (Å²) in [5.74, 6) is -0.198. The molecule has 0 saturated heterocycles. The third-order valence-electron chi connectivity index (χ3n) is 3.45. The third-order valence-corrected chi connectivity index (χ3v) is 5.12. The van der Waals surface area contributed by atoms with Gasteiger partial charge in [0.25, 0.3) is 0 Å². The van der Waals surface area contributed by atoms with E-state index in [9.17, 15) is 13.2 Å². The van der Waals surface area contributed by atoms with Crippen molar-refractivity contribution in [3.63, 3.8) is 0 Å². The first kappa shape index (κ1) is 18.4. The topological polar surface area (TPSA) is 63.2 Å². The molecule has 0 unspecified atom stereocenters. The summed E-state index contributed by atoms with van der Waals surface area (Å²) in [6, 6.07) is 13.5. The van der Waals surface area contributed by atoms with Crippen molar-refractivity contribution in [1.82, 2.24) is 4.72 Å². The van der Waals surface area contributed by atoms with E-state index in [2.05, 4.69) is 4.72 Å². The van der Waals surface area contributed by atoms with E-state index >= 15 is 0 Å². The van der Waals surface area contributed by atoms with E-state index in [0.717, 1.165) is 11.1 Å². The first-order valence-electron chi connectivity index (χ1n) is 7.31. The minimum atomic E-state index is -3.67. The highest BCUT2D eigenvalue weighted by Gasteiger charge is 2.15. The Hall–Kier alpha value is -1.95. The SMILES string of the molecule is CC(=O)/C(=C\c1ccc(Cl)cc1)CNS(=O)(=O)c1ccc(C)cc1. The molecule has 0 aliphatic heterocycles. The smallest absolute Gasteiger partial charge is 0.240 e. The fourth-order valence-electron chi connectivity index (χ4n) is 2.01. The number of nitrogens with one attached hydrogen (secondary N) is 1. The molecule has 2 rings (SSSR count). The molecule has 0 spiro atoms. The number of hydrogen-bond acceptors (Lipinski definition) is 3. The number of Topliss-reactive ketones (excluding diaryl/α,β-unsaturated/α-hetero) is 1. The van der Waals surface area contributed by atoms with Gasteiger partial charge in [-0.25, -0.2) is 13.1 Å². The van der Waals surface area contributed by atoms with Crippen LogP contribution in [-0.2, 0) is 14.8 Å². The maximum Gasteiger partial charge on any atom is 0.240 e. The molecule has 0 radical (unpaired) electrons. The number of rotatable bonds is 6. The molecule has 0 saturated carbocycles. The number of hydrogen-bond donors (Lipinski definition) is 1. The molecule has 126 valence electrons. The van der Waals surface area contributed by atoms with Crippen LogP contribution in [0.15, 0.2) is 59.0 Å². The van der Waals surface area contributed by atoms with Gasteiger partial charge in [0.05, 0.1) is 4.90 Å². The van der Waals surface area contributed by atoms with E-state index in [1.54, 1.807) is 42.5 Å². The molecular weight excluding hydrogens is 346 g/mol. The predicted molar refractivity (Wildman–Crippen MR) is 96.5 cm³/mol. The van der Waals surface area contributed by atoms with Crippen molar-refractivity contribution in [1.29, 1.82) is 0 Å². The van der Waals surface area contributed by atoms with Crippen LogP contribution in [0.25, 0.3) is 6.08 Å². The van der Waals surface area contributed by atoms with Gasteiger partial charge in [0, 0.05) is 17.1 Å². The average molecular weight is 364 g/mol. The zero-order valence-electron chi connectivity index (χ0n) is 13.4. The largest absolute Gasteiger partial charge is 0.295 e.